The average Bonchev–Trinajstić information content (AvgIpc) is 3.31. The van der Waals surface area contributed by atoms with Gasteiger partial charge < -0.3 is 28.8 Å². The molecular weight excluding hydrogens is 482 g/mol. The first-order valence-corrected chi connectivity index (χ1v) is 12.6. The van der Waals surface area contributed by atoms with Crippen molar-refractivity contribution >= 4 is 16.9 Å². The lowest BCUT2D eigenvalue weighted by Crippen LogP contribution is -2.29. The first-order chi connectivity index (χ1) is 18.4. The number of carbonyl (C=O) groups excluding carboxylic acids is 1. The number of methoxy groups -OCH3 is 3. The second-order valence-electron chi connectivity index (χ2n) is 9.29. The summed E-state index contributed by atoms with van der Waals surface area (Å²) in [7, 11) is 4.56. The first kappa shape index (κ1) is 26.9. The molecule has 0 aliphatic carbocycles. The van der Waals surface area contributed by atoms with Crippen LogP contribution in [0.25, 0.3) is 11.0 Å². The van der Waals surface area contributed by atoms with Gasteiger partial charge in [-0.15, -0.1) is 0 Å². The minimum absolute atomic E-state index is 0.281. The predicted octanol–water partition coefficient (Wildman–Crippen LogP) is 5.76. The fourth-order valence-corrected chi connectivity index (χ4v) is 4.42. The molecule has 1 N–H and O–H groups in total. The molecule has 0 bridgehead atoms. The van der Waals surface area contributed by atoms with Gasteiger partial charge in [-0.1, -0.05) is 38.1 Å². The maximum atomic E-state index is 13.2. The molecule has 0 fully saturated rings. The number of ether oxygens (including phenoxy) is 4. The van der Waals surface area contributed by atoms with Crippen LogP contribution in [0.1, 0.15) is 54.5 Å². The third-order valence-corrected chi connectivity index (χ3v) is 6.48. The zero-order valence-corrected chi connectivity index (χ0v) is 22.8. The maximum Gasteiger partial charge on any atom is 0.252 e. The highest BCUT2D eigenvalue weighted by Gasteiger charge is 2.22. The van der Waals surface area contributed by atoms with Crippen LogP contribution in [0.2, 0.25) is 0 Å². The number of para-hydroxylation sites is 2. The molecule has 1 amide bonds. The van der Waals surface area contributed by atoms with Crippen molar-refractivity contribution in [1.29, 1.82) is 0 Å². The van der Waals surface area contributed by atoms with E-state index in [1.165, 1.54) is 26.9 Å². The molecular formula is C30H35N3O5. The number of carbonyl (C=O) groups is 1. The van der Waals surface area contributed by atoms with E-state index >= 15 is 0 Å². The topological polar surface area (TPSA) is 83.8 Å². The van der Waals surface area contributed by atoms with Gasteiger partial charge in [-0.2, -0.15) is 0 Å². The van der Waals surface area contributed by atoms with Crippen molar-refractivity contribution in [2.75, 3.05) is 27.9 Å². The van der Waals surface area contributed by atoms with E-state index in [1.54, 1.807) is 12.1 Å². The van der Waals surface area contributed by atoms with Gasteiger partial charge in [0.2, 0.25) is 5.75 Å². The van der Waals surface area contributed by atoms with Gasteiger partial charge in [0, 0.05) is 5.56 Å². The van der Waals surface area contributed by atoms with Crippen molar-refractivity contribution in [1.82, 2.24) is 14.9 Å². The van der Waals surface area contributed by atoms with Crippen molar-refractivity contribution in [2.45, 2.75) is 39.3 Å². The Balaban J connectivity index is 1.54. The van der Waals surface area contributed by atoms with E-state index in [2.05, 4.69) is 35.9 Å². The van der Waals surface area contributed by atoms with E-state index in [4.69, 9.17) is 23.9 Å². The number of rotatable bonds is 11. The molecule has 4 rings (SSSR count). The van der Waals surface area contributed by atoms with Crippen LogP contribution < -0.4 is 24.3 Å². The molecule has 0 radical (unpaired) electrons. The Kier molecular flexibility index (Phi) is 8.41. The van der Waals surface area contributed by atoms with Gasteiger partial charge in [0.15, 0.2) is 11.5 Å². The van der Waals surface area contributed by atoms with Gasteiger partial charge in [-0.3, -0.25) is 4.79 Å². The van der Waals surface area contributed by atoms with E-state index in [1.807, 2.05) is 43.3 Å². The molecule has 1 atom stereocenters. The van der Waals surface area contributed by atoms with Crippen LogP contribution in [0.4, 0.5) is 0 Å². The summed E-state index contributed by atoms with van der Waals surface area (Å²) in [5.74, 6) is 3.01. The standard InChI is InChI=1S/C30H35N3O5/c1-19(2)21-11-13-23(14-12-21)38-16-15-33-25-10-8-7-9-24(25)32-29(33)20(3)31-30(34)22-17-26(35-4)28(37-6)27(18-22)36-5/h7-14,17-20H,15-16H2,1-6H3,(H,31,34). The van der Waals surface area contributed by atoms with Gasteiger partial charge in [0.1, 0.15) is 18.2 Å². The molecule has 4 aromatic rings. The number of hydrogen-bond donors (Lipinski definition) is 1. The molecule has 3 aromatic carbocycles. The van der Waals surface area contributed by atoms with Crippen LogP contribution in [-0.2, 0) is 6.54 Å². The Labute approximate surface area is 223 Å². The fourth-order valence-electron chi connectivity index (χ4n) is 4.42. The van der Waals surface area contributed by atoms with Crippen LogP contribution >= 0.6 is 0 Å². The summed E-state index contributed by atoms with van der Waals surface area (Å²) in [6.45, 7) is 7.29. The summed E-state index contributed by atoms with van der Waals surface area (Å²) in [5, 5.41) is 3.06. The van der Waals surface area contributed by atoms with Crippen LogP contribution in [0.3, 0.4) is 0 Å². The SMILES string of the molecule is COc1cc(C(=O)NC(C)c2nc3ccccc3n2CCOc2ccc(C(C)C)cc2)cc(OC)c1OC. The molecule has 0 aliphatic rings. The predicted molar refractivity (Wildman–Crippen MR) is 148 cm³/mol. The van der Waals surface area contributed by atoms with Crippen molar-refractivity contribution < 1.29 is 23.7 Å². The van der Waals surface area contributed by atoms with E-state index < -0.39 is 0 Å². The number of benzene rings is 3. The quantitative estimate of drug-likeness (QED) is 0.273. The highest BCUT2D eigenvalue weighted by atomic mass is 16.5. The van der Waals surface area contributed by atoms with Gasteiger partial charge >= 0.3 is 0 Å². The highest BCUT2D eigenvalue weighted by molar-refractivity contribution is 5.96. The Morgan fingerprint density at radius 1 is 0.921 bits per heavy atom. The molecule has 0 spiro atoms. The molecule has 0 aliphatic heterocycles. The number of imidazole rings is 1. The summed E-state index contributed by atoms with van der Waals surface area (Å²) in [4.78, 5) is 18.1. The van der Waals surface area contributed by atoms with Crippen LogP contribution in [0.15, 0.2) is 60.7 Å². The molecule has 200 valence electrons. The van der Waals surface area contributed by atoms with Crippen molar-refractivity contribution in [3.63, 3.8) is 0 Å². The molecule has 1 heterocycles. The Bertz CT molecular complexity index is 1370. The minimum Gasteiger partial charge on any atom is -0.493 e. The summed E-state index contributed by atoms with van der Waals surface area (Å²) in [6.07, 6.45) is 0. The average molecular weight is 518 g/mol. The second kappa shape index (κ2) is 11.9. The number of nitrogens with one attached hydrogen (secondary N) is 1. The minimum atomic E-state index is -0.376. The van der Waals surface area contributed by atoms with Gasteiger partial charge in [-0.05, 0) is 54.8 Å². The monoisotopic (exact) mass is 517 g/mol. The third kappa shape index (κ3) is 5.69. The summed E-state index contributed by atoms with van der Waals surface area (Å²) in [5.41, 5.74) is 3.51. The Morgan fingerprint density at radius 3 is 2.18 bits per heavy atom. The lowest BCUT2D eigenvalue weighted by Gasteiger charge is -2.18. The smallest absolute Gasteiger partial charge is 0.252 e. The first-order valence-electron chi connectivity index (χ1n) is 12.6. The summed E-state index contributed by atoms with van der Waals surface area (Å²) in [6, 6.07) is 19.0. The lowest BCUT2D eigenvalue weighted by molar-refractivity contribution is 0.0936. The van der Waals surface area contributed by atoms with Crippen LogP contribution in [-0.4, -0.2) is 43.4 Å². The van der Waals surface area contributed by atoms with Crippen molar-refractivity contribution in [3.05, 3.63) is 77.6 Å². The Hall–Kier alpha value is -4.20. The zero-order chi connectivity index (χ0) is 27.2. The number of nitrogens with zero attached hydrogens (tertiary/aromatic N) is 2. The number of hydrogen-bond acceptors (Lipinski definition) is 6. The van der Waals surface area contributed by atoms with Crippen LogP contribution in [0, 0.1) is 0 Å². The van der Waals surface area contributed by atoms with E-state index in [0.29, 0.717) is 41.9 Å². The fraction of sp³-hybridized carbons (Fsp3) is 0.333. The summed E-state index contributed by atoms with van der Waals surface area (Å²) < 4.78 is 24.3. The molecule has 0 saturated heterocycles. The normalized spacial score (nSPS) is 11.9. The van der Waals surface area contributed by atoms with Gasteiger partial charge in [-0.25, -0.2) is 4.98 Å². The Morgan fingerprint density at radius 2 is 1.58 bits per heavy atom. The molecule has 38 heavy (non-hydrogen) atoms. The largest absolute Gasteiger partial charge is 0.493 e. The van der Waals surface area contributed by atoms with Crippen molar-refractivity contribution in [2.24, 2.45) is 0 Å². The second-order valence-corrected chi connectivity index (χ2v) is 9.29. The molecule has 0 saturated carbocycles. The van der Waals surface area contributed by atoms with Gasteiger partial charge in [0.05, 0.1) is 44.9 Å². The molecule has 8 heteroatoms. The van der Waals surface area contributed by atoms with E-state index in [0.717, 1.165) is 22.6 Å². The highest BCUT2D eigenvalue weighted by Crippen LogP contribution is 2.38. The summed E-state index contributed by atoms with van der Waals surface area (Å²) >= 11 is 0. The number of fused-ring (bicyclic) bond motifs is 1. The van der Waals surface area contributed by atoms with E-state index in [9.17, 15) is 4.79 Å². The number of aromatic nitrogens is 2. The van der Waals surface area contributed by atoms with Gasteiger partial charge in [0.25, 0.3) is 5.91 Å². The third-order valence-electron chi connectivity index (χ3n) is 6.48. The lowest BCUT2D eigenvalue weighted by atomic mass is 10.0. The van der Waals surface area contributed by atoms with Crippen LogP contribution in [0.5, 0.6) is 23.0 Å². The van der Waals surface area contributed by atoms with E-state index in [-0.39, 0.29) is 11.9 Å². The molecule has 1 aromatic heterocycles. The molecule has 8 nitrogen and oxygen atoms in total. The maximum absolute atomic E-state index is 13.2. The zero-order valence-electron chi connectivity index (χ0n) is 22.8. The molecule has 1 unspecified atom stereocenters. The van der Waals surface area contributed by atoms with Crippen molar-refractivity contribution in [3.8, 4) is 23.0 Å². The number of amides is 1.